The van der Waals surface area contributed by atoms with E-state index in [9.17, 15) is 9.59 Å². The van der Waals surface area contributed by atoms with Crippen LogP contribution in [0.3, 0.4) is 0 Å². The van der Waals surface area contributed by atoms with Crippen molar-refractivity contribution in [1.82, 2.24) is 24.1 Å². The van der Waals surface area contributed by atoms with Crippen molar-refractivity contribution >= 4 is 11.6 Å². The third kappa shape index (κ3) is 3.12. The molecule has 7 nitrogen and oxygen atoms in total. The quantitative estimate of drug-likeness (QED) is 0.720. The summed E-state index contributed by atoms with van der Waals surface area (Å²) in [6, 6.07) is 7.35. The molecule has 1 aliphatic rings. The van der Waals surface area contributed by atoms with E-state index in [2.05, 4.69) is 10.1 Å². The maximum absolute atomic E-state index is 13.1. The first-order chi connectivity index (χ1) is 12.7. The summed E-state index contributed by atoms with van der Waals surface area (Å²) >= 11 is 0. The predicted octanol–water partition coefficient (Wildman–Crippen LogP) is 1.98. The molecule has 1 aliphatic heterocycles. The summed E-state index contributed by atoms with van der Waals surface area (Å²) in [4.78, 5) is 31.9. The summed E-state index contributed by atoms with van der Waals surface area (Å²) < 4.78 is 3.31. The second kappa shape index (κ2) is 7.11. The summed E-state index contributed by atoms with van der Waals surface area (Å²) in [5, 5.41) is 4.23. The second-order valence-electron chi connectivity index (χ2n) is 6.61. The van der Waals surface area contributed by atoms with Crippen molar-refractivity contribution < 1.29 is 4.79 Å². The van der Waals surface area contributed by atoms with Gasteiger partial charge in [-0.2, -0.15) is 5.10 Å². The van der Waals surface area contributed by atoms with Crippen molar-refractivity contribution in [2.45, 2.75) is 38.3 Å². The first-order valence-electron chi connectivity index (χ1n) is 8.99. The van der Waals surface area contributed by atoms with Crippen LogP contribution in [-0.2, 0) is 6.54 Å². The van der Waals surface area contributed by atoms with Gasteiger partial charge in [-0.25, -0.2) is 4.98 Å². The van der Waals surface area contributed by atoms with Crippen molar-refractivity contribution in [3.63, 3.8) is 0 Å². The van der Waals surface area contributed by atoms with Crippen LogP contribution in [0.5, 0.6) is 0 Å². The van der Waals surface area contributed by atoms with Crippen molar-refractivity contribution in [3.8, 4) is 0 Å². The average Bonchev–Trinajstić information content (AvgIpc) is 3.20. The Morgan fingerprint density at radius 2 is 2.12 bits per heavy atom. The standard InChI is InChI=1S/C19H21N5O2/c25-18(16-14-20-17-7-2-4-12-24(17)19(16)26)23-11-3-1-6-15(23)8-13-22-10-5-9-21-22/h2,4-5,7,9-10,12,14-15H,1,3,6,8,11,13H2. The van der Waals surface area contributed by atoms with Gasteiger partial charge in [0.25, 0.3) is 11.5 Å². The Bertz CT molecular complexity index is 963. The lowest BCUT2D eigenvalue weighted by Gasteiger charge is -2.35. The van der Waals surface area contributed by atoms with Crippen LogP contribution in [0.2, 0.25) is 0 Å². The van der Waals surface area contributed by atoms with Crippen molar-refractivity contribution in [3.05, 3.63) is 65.0 Å². The van der Waals surface area contributed by atoms with Gasteiger partial charge in [-0.1, -0.05) is 6.07 Å². The minimum atomic E-state index is -0.308. The number of amides is 1. The van der Waals surface area contributed by atoms with E-state index < -0.39 is 0 Å². The fraction of sp³-hybridized carbons (Fsp3) is 0.368. The molecule has 1 atom stereocenters. The highest BCUT2D eigenvalue weighted by atomic mass is 16.2. The number of hydrogen-bond acceptors (Lipinski definition) is 4. The van der Waals surface area contributed by atoms with Crippen molar-refractivity contribution in [2.24, 2.45) is 0 Å². The SMILES string of the molecule is O=C(c1cnc2ccccn2c1=O)N1CCCCC1CCn1cccn1. The zero-order valence-electron chi connectivity index (χ0n) is 14.5. The van der Waals surface area contributed by atoms with Crippen LogP contribution in [0, 0.1) is 0 Å². The van der Waals surface area contributed by atoms with Gasteiger partial charge in [0, 0.05) is 43.9 Å². The molecule has 0 N–H and O–H groups in total. The van der Waals surface area contributed by atoms with E-state index >= 15 is 0 Å². The van der Waals surface area contributed by atoms with Crippen LogP contribution in [0.4, 0.5) is 0 Å². The highest BCUT2D eigenvalue weighted by Crippen LogP contribution is 2.22. The Morgan fingerprint density at radius 1 is 1.19 bits per heavy atom. The molecule has 0 bridgehead atoms. The zero-order valence-corrected chi connectivity index (χ0v) is 14.5. The van der Waals surface area contributed by atoms with E-state index in [1.807, 2.05) is 27.9 Å². The number of nitrogens with zero attached hydrogens (tertiary/aromatic N) is 5. The molecule has 26 heavy (non-hydrogen) atoms. The third-order valence-corrected chi connectivity index (χ3v) is 4.98. The van der Waals surface area contributed by atoms with Crippen molar-refractivity contribution in [1.29, 1.82) is 0 Å². The third-order valence-electron chi connectivity index (χ3n) is 4.98. The van der Waals surface area contributed by atoms with Gasteiger partial charge in [0.05, 0.1) is 0 Å². The van der Waals surface area contributed by atoms with Gasteiger partial charge in [-0.05, 0) is 43.9 Å². The molecular formula is C19H21N5O2. The van der Waals surface area contributed by atoms with Crippen LogP contribution in [0.1, 0.15) is 36.0 Å². The number of piperidine rings is 1. The molecule has 7 heteroatoms. The Morgan fingerprint density at radius 3 is 2.96 bits per heavy atom. The van der Waals surface area contributed by atoms with Crippen LogP contribution in [-0.4, -0.2) is 42.6 Å². The number of likely N-dealkylation sites (tertiary alicyclic amines) is 1. The lowest BCUT2D eigenvalue weighted by molar-refractivity contribution is 0.0591. The predicted molar refractivity (Wildman–Crippen MR) is 97.0 cm³/mol. The number of aryl methyl sites for hydroxylation is 1. The molecule has 4 rings (SSSR count). The van der Waals surface area contributed by atoms with Gasteiger partial charge in [0.1, 0.15) is 11.2 Å². The molecule has 1 fully saturated rings. The first kappa shape index (κ1) is 16.5. The van der Waals surface area contributed by atoms with Gasteiger partial charge in [0.2, 0.25) is 0 Å². The van der Waals surface area contributed by atoms with Crippen LogP contribution in [0.25, 0.3) is 5.65 Å². The number of fused-ring (bicyclic) bond motifs is 1. The van der Waals surface area contributed by atoms with E-state index in [0.29, 0.717) is 12.2 Å². The molecule has 1 unspecified atom stereocenters. The molecule has 0 spiro atoms. The molecule has 0 radical (unpaired) electrons. The molecular weight excluding hydrogens is 330 g/mol. The maximum atomic E-state index is 13.1. The Hall–Kier alpha value is -2.96. The molecule has 3 aromatic heterocycles. The summed E-state index contributed by atoms with van der Waals surface area (Å²) in [6.45, 7) is 1.44. The second-order valence-corrected chi connectivity index (χ2v) is 6.61. The van der Waals surface area contributed by atoms with E-state index in [0.717, 1.165) is 32.2 Å². The number of rotatable bonds is 4. The Kier molecular flexibility index (Phi) is 4.51. The molecule has 4 heterocycles. The fourth-order valence-corrected chi connectivity index (χ4v) is 3.61. The van der Waals surface area contributed by atoms with Crippen LogP contribution >= 0.6 is 0 Å². The maximum Gasteiger partial charge on any atom is 0.270 e. The summed E-state index contributed by atoms with van der Waals surface area (Å²) in [5.41, 5.74) is 0.375. The summed E-state index contributed by atoms with van der Waals surface area (Å²) in [5.74, 6) is -0.217. The number of carbonyl (C=O) groups is 1. The molecule has 0 saturated carbocycles. The number of pyridine rings is 1. The topological polar surface area (TPSA) is 72.5 Å². The average molecular weight is 351 g/mol. The van der Waals surface area contributed by atoms with E-state index in [1.54, 1.807) is 24.5 Å². The highest BCUT2D eigenvalue weighted by molar-refractivity contribution is 5.94. The molecule has 134 valence electrons. The van der Waals surface area contributed by atoms with E-state index in [1.165, 1.54) is 10.6 Å². The van der Waals surface area contributed by atoms with E-state index in [4.69, 9.17) is 0 Å². The van der Waals surface area contributed by atoms with Gasteiger partial charge in [-0.3, -0.25) is 18.7 Å². The van der Waals surface area contributed by atoms with Crippen LogP contribution in [0.15, 0.2) is 53.8 Å². The number of hydrogen-bond donors (Lipinski definition) is 0. The minimum absolute atomic E-state index is 0.122. The smallest absolute Gasteiger partial charge is 0.270 e. The Balaban J connectivity index is 1.59. The van der Waals surface area contributed by atoms with Gasteiger partial charge >= 0.3 is 0 Å². The zero-order chi connectivity index (χ0) is 17.9. The largest absolute Gasteiger partial charge is 0.335 e. The highest BCUT2D eigenvalue weighted by Gasteiger charge is 2.29. The normalized spacial score (nSPS) is 17.5. The summed E-state index contributed by atoms with van der Waals surface area (Å²) in [7, 11) is 0. The fourth-order valence-electron chi connectivity index (χ4n) is 3.61. The Labute approximate surface area is 150 Å². The molecule has 1 saturated heterocycles. The van der Waals surface area contributed by atoms with Gasteiger partial charge in [0.15, 0.2) is 0 Å². The van der Waals surface area contributed by atoms with Crippen molar-refractivity contribution in [2.75, 3.05) is 6.54 Å². The van der Waals surface area contributed by atoms with E-state index in [-0.39, 0.29) is 23.1 Å². The molecule has 3 aromatic rings. The molecule has 1 amide bonds. The monoisotopic (exact) mass is 351 g/mol. The van der Waals surface area contributed by atoms with Crippen LogP contribution < -0.4 is 5.56 Å². The van der Waals surface area contributed by atoms with Gasteiger partial charge < -0.3 is 4.90 Å². The minimum Gasteiger partial charge on any atom is -0.335 e. The lowest BCUT2D eigenvalue weighted by atomic mass is 9.98. The molecule has 0 aromatic carbocycles. The first-order valence-corrected chi connectivity index (χ1v) is 8.99. The number of aromatic nitrogens is 4. The lowest BCUT2D eigenvalue weighted by Crippen LogP contribution is -2.46. The number of carbonyl (C=O) groups excluding carboxylic acids is 1. The molecule has 0 aliphatic carbocycles. The summed E-state index contributed by atoms with van der Waals surface area (Å²) in [6.07, 6.45) is 10.6. The van der Waals surface area contributed by atoms with Gasteiger partial charge in [-0.15, -0.1) is 0 Å².